The highest BCUT2D eigenvalue weighted by Gasteiger charge is 2.33. The van der Waals surface area contributed by atoms with Crippen LogP contribution in [0.2, 0.25) is 0 Å². The summed E-state index contributed by atoms with van der Waals surface area (Å²) >= 11 is 4.52. The fourth-order valence-corrected chi connectivity index (χ4v) is 4.47. The molecular weight excluding hydrogens is 490 g/mol. The molecule has 1 saturated heterocycles. The lowest BCUT2D eigenvalue weighted by atomic mass is 9.87. The molecule has 1 aliphatic heterocycles. The summed E-state index contributed by atoms with van der Waals surface area (Å²) in [7, 11) is 3.69. The molecule has 1 aromatic carbocycles. The van der Waals surface area contributed by atoms with Gasteiger partial charge in [0, 0.05) is 24.2 Å². The fourth-order valence-electron chi connectivity index (χ4n) is 4.38. The molecule has 4 unspecified atom stereocenters. The number of hydrogen-bond acceptors (Lipinski definition) is 8. The first-order valence-corrected chi connectivity index (χ1v) is 13.8. The second-order valence-corrected chi connectivity index (χ2v) is 10.9. The van der Waals surface area contributed by atoms with Crippen LogP contribution >= 0.6 is 12.6 Å². The third-order valence-corrected chi connectivity index (χ3v) is 7.84. The number of likely N-dealkylation sites (tertiary alicyclic amines) is 1. The van der Waals surface area contributed by atoms with Crippen molar-refractivity contribution in [1.29, 1.82) is 0 Å². The Kier molecular flexibility index (Phi) is 12.9. The molecule has 10 heteroatoms. The molecule has 0 aliphatic carbocycles. The van der Waals surface area contributed by atoms with E-state index in [0.717, 1.165) is 38.8 Å². The van der Waals surface area contributed by atoms with Crippen molar-refractivity contribution in [3.05, 3.63) is 29.8 Å². The molecular formula is C27H45N5O4S. The van der Waals surface area contributed by atoms with Crippen LogP contribution in [0.1, 0.15) is 64.0 Å². The number of carbonyl (C=O) groups excluding carboxylic acids is 3. The van der Waals surface area contributed by atoms with Crippen molar-refractivity contribution >= 4 is 36.1 Å². The van der Waals surface area contributed by atoms with E-state index in [9.17, 15) is 14.4 Å². The quantitative estimate of drug-likeness (QED) is 0.252. The van der Waals surface area contributed by atoms with Crippen LogP contribution in [0, 0.1) is 11.8 Å². The van der Waals surface area contributed by atoms with Crippen molar-refractivity contribution in [3.8, 4) is 0 Å². The summed E-state index contributed by atoms with van der Waals surface area (Å²) < 4.78 is 5.84. The van der Waals surface area contributed by atoms with Crippen LogP contribution in [0.4, 0.5) is 10.5 Å². The third kappa shape index (κ3) is 9.59. The van der Waals surface area contributed by atoms with Crippen molar-refractivity contribution in [2.24, 2.45) is 23.3 Å². The Labute approximate surface area is 227 Å². The number of benzene rings is 1. The number of ether oxygens (including phenoxy) is 1. The lowest BCUT2D eigenvalue weighted by Gasteiger charge is -2.30. The first-order chi connectivity index (χ1) is 17.5. The minimum atomic E-state index is -1.05. The molecule has 37 heavy (non-hydrogen) atoms. The zero-order valence-corrected chi connectivity index (χ0v) is 23.6. The zero-order valence-electron chi connectivity index (χ0n) is 22.7. The number of nitrogens with zero attached hydrogens (tertiary/aromatic N) is 2. The molecule has 2 amide bonds. The monoisotopic (exact) mass is 535 g/mol. The van der Waals surface area contributed by atoms with E-state index in [0.29, 0.717) is 30.6 Å². The van der Waals surface area contributed by atoms with Crippen molar-refractivity contribution in [2.45, 2.75) is 69.9 Å². The van der Waals surface area contributed by atoms with Gasteiger partial charge in [0.1, 0.15) is 0 Å². The molecule has 0 aromatic heterocycles. The molecule has 0 bridgehead atoms. The number of amides is 2. The predicted molar refractivity (Wildman–Crippen MR) is 150 cm³/mol. The number of Topliss-reactive ketones (excluding diaryl/α,β-unsaturated/α-hetero) is 1. The lowest BCUT2D eigenvalue weighted by molar-refractivity contribution is -0.133. The van der Waals surface area contributed by atoms with E-state index in [2.05, 4.69) is 29.9 Å². The molecule has 4 atom stereocenters. The Morgan fingerprint density at radius 2 is 1.84 bits per heavy atom. The number of nitrogens with two attached hydrogens (primary N) is 2. The maximum atomic E-state index is 13.8. The zero-order chi connectivity index (χ0) is 27.5. The molecule has 1 fully saturated rings. The van der Waals surface area contributed by atoms with Crippen LogP contribution in [0.5, 0.6) is 0 Å². The molecule has 5 N–H and O–H groups in total. The lowest BCUT2D eigenvalue weighted by Crippen LogP contribution is -2.39. The second-order valence-electron chi connectivity index (χ2n) is 10.4. The number of carbonyl (C=O) groups is 3. The normalized spacial score (nSPS) is 19.3. The van der Waals surface area contributed by atoms with E-state index in [1.165, 1.54) is 4.90 Å². The topological polar surface area (TPSA) is 131 Å². The summed E-state index contributed by atoms with van der Waals surface area (Å²) in [6.07, 6.45) is 2.99. The Hall–Kier alpha value is -2.14. The highest BCUT2D eigenvalue weighted by Crippen LogP contribution is 2.30. The van der Waals surface area contributed by atoms with Crippen LogP contribution in [-0.2, 0) is 14.3 Å². The maximum Gasteiger partial charge on any atom is 0.411 e. The van der Waals surface area contributed by atoms with Crippen molar-refractivity contribution in [2.75, 3.05) is 39.0 Å². The Bertz CT molecular complexity index is 882. The van der Waals surface area contributed by atoms with Crippen LogP contribution < -0.4 is 16.8 Å². The number of thiol groups is 1. The van der Waals surface area contributed by atoms with E-state index in [-0.39, 0.29) is 28.9 Å². The molecule has 0 saturated carbocycles. The van der Waals surface area contributed by atoms with Gasteiger partial charge in [-0.3, -0.25) is 14.5 Å². The predicted octanol–water partition coefficient (Wildman–Crippen LogP) is 3.40. The van der Waals surface area contributed by atoms with Crippen LogP contribution in [-0.4, -0.2) is 72.7 Å². The minimum absolute atomic E-state index is 0.0992. The van der Waals surface area contributed by atoms with Crippen molar-refractivity contribution in [1.82, 2.24) is 9.80 Å². The summed E-state index contributed by atoms with van der Waals surface area (Å²) in [5, 5.41) is 2.45. The SMILES string of the molecule is CC(C)C(S)N(C)C(=O)OC(C(=O)C1CCCCN(C)CC1)c1ccc(NC(=O)C(N)CCCN)cc1. The average Bonchev–Trinajstić information content (AvgIpc) is 2.87. The van der Waals surface area contributed by atoms with Crippen LogP contribution in [0.15, 0.2) is 24.3 Å². The summed E-state index contributed by atoms with van der Waals surface area (Å²) in [5.74, 6) is -0.495. The Morgan fingerprint density at radius 1 is 1.16 bits per heavy atom. The number of hydrogen-bond donors (Lipinski definition) is 4. The van der Waals surface area contributed by atoms with E-state index >= 15 is 0 Å². The van der Waals surface area contributed by atoms with Gasteiger partial charge in [-0.15, -0.1) is 0 Å². The molecule has 208 valence electrons. The number of ketones is 1. The highest BCUT2D eigenvalue weighted by molar-refractivity contribution is 7.80. The van der Waals surface area contributed by atoms with Crippen molar-refractivity contribution in [3.63, 3.8) is 0 Å². The summed E-state index contributed by atoms with van der Waals surface area (Å²) in [5.41, 5.74) is 12.5. The van der Waals surface area contributed by atoms with Gasteiger partial charge in [-0.2, -0.15) is 12.6 Å². The standard InChI is InChI=1S/C27H45N5O4S/c1-18(2)26(37)32(4)27(35)36-24(23(33)19-8-5-6-16-31(3)17-14-19)20-10-12-21(13-11-20)30-25(34)22(29)9-7-15-28/h10-13,18-19,22,24,26,37H,5-9,14-17,28-29H2,1-4H3,(H,30,34). The Balaban J connectivity index is 2.24. The third-order valence-electron chi connectivity index (χ3n) is 6.90. The van der Waals surface area contributed by atoms with Crippen LogP contribution in [0.3, 0.4) is 0 Å². The molecule has 2 rings (SSSR count). The van der Waals surface area contributed by atoms with E-state index in [4.69, 9.17) is 16.2 Å². The van der Waals surface area contributed by atoms with Gasteiger partial charge in [0.25, 0.3) is 0 Å². The van der Waals surface area contributed by atoms with Gasteiger partial charge in [-0.05, 0) is 76.8 Å². The van der Waals surface area contributed by atoms with E-state index in [1.54, 1.807) is 31.3 Å². The maximum absolute atomic E-state index is 13.8. The van der Waals surface area contributed by atoms with Gasteiger partial charge in [0.05, 0.1) is 11.4 Å². The first-order valence-electron chi connectivity index (χ1n) is 13.2. The van der Waals surface area contributed by atoms with Crippen molar-refractivity contribution < 1.29 is 19.1 Å². The molecule has 1 aromatic rings. The van der Waals surface area contributed by atoms with Gasteiger partial charge in [0.15, 0.2) is 11.9 Å². The van der Waals surface area contributed by atoms with E-state index in [1.807, 2.05) is 13.8 Å². The fraction of sp³-hybridized carbons (Fsp3) is 0.667. The van der Waals surface area contributed by atoms with Gasteiger partial charge in [0.2, 0.25) is 5.91 Å². The van der Waals surface area contributed by atoms with Gasteiger partial charge in [-0.1, -0.05) is 32.4 Å². The van der Waals surface area contributed by atoms with Gasteiger partial charge >= 0.3 is 6.09 Å². The largest absolute Gasteiger partial charge is 0.433 e. The number of nitrogens with one attached hydrogen (secondary N) is 1. The second kappa shape index (κ2) is 15.3. The van der Waals surface area contributed by atoms with Crippen LogP contribution in [0.25, 0.3) is 0 Å². The smallest absolute Gasteiger partial charge is 0.411 e. The summed E-state index contributed by atoms with van der Waals surface area (Å²) in [6.45, 7) is 6.24. The molecule has 1 aliphatic rings. The van der Waals surface area contributed by atoms with Gasteiger partial charge < -0.3 is 26.4 Å². The molecule has 9 nitrogen and oxygen atoms in total. The molecule has 0 radical (unpaired) electrons. The van der Waals surface area contributed by atoms with Gasteiger partial charge in [-0.25, -0.2) is 4.79 Å². The number of anilines is 1. The molecule has 0 spiro atoms. The molecule has 1 heterocycles. The number of rotatable bonds is 11. The minimum Gasteiger partial charge on any atom is -0.433 e. The average molecular weight is 536 g/mol. The summed E-state index contributed by atoms with van der Waals surface area (Å²) in [4.78, 5) is 42.8. The first kappa shape index (κ1) is 31.1. The van der Waals surface area contributed by atoms with E-state index < -0.39 is 18.2 Å². The summed E-state index contributed by atoms with van der Waals surface area (Å²) in [6, 6.07) is 6.17. The highest BCUT2D eigenvalue weighted by atomic mass is 32.1. The Morgan fingerprint density at radius 3 is 2.46 bits per heavy atom.